The largest absolute Gasteiger partial charge is 0.397 e. The molecule has 1 saturated heterocycles. The molecule has 1 aromatic carbocycles. The number of benzene rings is 1. The molecule has 1 amide bonds. The Morgan fingerprint density at radius 1 is 1.30 bits per heavy atom. The number of likely N-dealkylation sites (tertiary alicyclic amines) is 1. The number of carbonyl (C=O) groups is 1. The number of rotatable bonds is 3. The third kappa shape index (κ3) is 3.39. The van der Waals surface area contributed by atoms with Crippen molar-refractivity contribution in [2.45, 2.75) is 38.5 Å². The molecule has 1 aliphatic heterocycles. The van der Waals surface area contributed by atoms with Gasteiger partial charge in [-0.3, -0.25) is 14.9 Å². The maximum atomic E-state index is 12.9. The number of fused-ring (bicyclic) bond motifs is 1. The molecule has 3 N–H and O–H groups in total. The summed E-state index contributed by atoms with van der Waals surface area (Å²) in [6.45, 7) is 5.52. The molecule has 6 heteroatoms. The summed E-state index contributed by atoms with van der Waals surface area (Å²) < 4.78 is 0. The molecule has 0 bridgehead atoms. The first-order valence-electron chi connectivity index (χ1n) is 9.52. The van der Waals surface area contributed by atoms with Crippen LogP contribution in [0.4, 0.5) is 5.69 Å². The molecule has 1 atom stereocenters. The van der Waals surface area contributed by atoms with Crippen molar-refractivity contribution in [3.05, 3.63) is 53.5 Å². The van der Waals surface area contributed by atoms with Crippen LogP contribution in [0.5, 0.6) is 0 Å². The van der Waals surface area contributed by atoms with E-state index in [1.54, 1.807) is 0 Å². The fourth-order valence-corrected chi connectivity index (χ4v) is 3.76. The van der Waals surface area contributed by atoms with Gasteiger partial charge in [-0.25, -0.2) is 0 Å². The van der Waals surface area contributed by atoms with Gasteiger partial charge in [-0.1, -0.05) is 32.0 Å². The van der Waals surface area contributed by atoms with E-state index in [1.807, 2.05) is 41.3 Å². The summed E-state index contributed by atoms with van der Waals surface area (Å²) in [6, 6.07) is 11.8. The molecule has 3 heterocycles. The molecule has 140 valence electrons. The van der Waals surface area contributed by atoms with Gasteiger partial charge < -0.3 is 10.6 Å². The standard InChI is InChI=1S/C21H25N5O/c1-13(2)18-11-19(25-24-18)21(27)26-9-5-7-15(12-26)20-16(22)10-14-6-3-4-8-17(14)23-20/h3-4,6,8,10-11,13,15H,5,7,9,12,22H2,1-2H3,(H,24,25)/t15-/m0/s1. The van der Waals surface area contributed by atoms with Crippen LogP contribution in [-0.2, 0) is 0 Å². The van der Waals surface area contributed by atoms with E-state index in [0.717, 1.165) is 41.7 Å². The third-order valence-electron chi connectivity index (χ3n) is 5.32. The second-order valence-electron chi connectivity index (χ2n) is 7.61. The zero-order valence-electron chi connectivity index (χ0n) is 15.8. The van der Waals surface area contributed by atoms with E-state index in [1.165, 1.54) is 0 Å². The number of H-pyrrole nitrogens is 1. The molecule has 27 heavy (non-hydrogen) atoms. The SMILES string of the molecule is CC(C)c1cc(C(=O)N2CCC[C@H](c3nc4ccccc4cc3N)C2)n[nH]1. The molecule has 1 aliphatic rings. The lowest BCUT2D eigenvalue weighted by Gasteiger charge is -2.32. The number of carbonyl (C=O) groups excluding carboxylic acids is 1. The molecular weight excluding hydrogens is 338 g/mol. The van der Waals surface area contributed by atoms with Crippen molar-refractivity contribution < 1.29 is 4.79 Å². The van der Waals surface area contributed by atoms with Gasteiger partial charge in [0, 0.05) is 30.1 Å². The van der Waals surface area contributed by atoms with Crippen LogP contribution in [-0.4, -0.2) is 39.1 Å². The summed E-state index contributed by atoms with van der Waals surface area (Å²) >= 11 is 0. The molecule has 0 spiro atoms. The molecular formula is C21H25N5O. The number of para-hydroxylation sites is 1. The number of aromatic nitrogens is 3. The first-order valence-corrected chi connectivity index (χ1v) is 9.52. The predicted octanol–water partition coefficient (Wildman–Crippen LogP) is 3.68. The quantitative estimate of drug-likeness (QED) is 0.743. The third-order valence-corrected chi connectivity index (χ3v) is 5.32. The number of nitrogens with zero attached hydrogens (tertiary/aromatic N) is 3. The molecule has 2 aromatic heterocycles. The monoisotopic (exact) mass is 363 g/mol. The molecule has 6 nitrogen and oxygen atoms in total. The number of aromatic amines is 1. The highest BCUT2D eigenvalue weighted by molar-refractivity contribution is 5.92. The molecule has 0 radical (unpaired) electrons. The van der Waals surface area contributed by atoms with Gasteiger partial charge in [0.15, 0.2) is 0 Å². The van der Waals surface area contributed by atoms with Crippen molar-refractivity contribution in [1.82, 2.24) is 20.1 Å². The average molecular weight is 363 g/mol. The van der Waals surface area contributed by atoms with Gasteiger partial charge in [0.2, 0.25) is 0 Å². The first kappa shape index (κ1) is 17.5. The number of hydrogen-bond donors (Lipinski definition) is 2. The maximum Gasteiger partial charge on any atom is 0.274 e. The predicted molar refractivity (Wildman–Crippen MR) is 107 cm³/mol. The van der Waals surface area contributed by atoms with E-state index < -0.39 is 0 Å². The van der Waals surface area contributed by atoms with Crippen LogP contribution < -0.4 is 5.73 Å². The van der Waals surface area contributed by atoms with Gasteiger partial charge in [-0.2, -0.15) is 5.10 Å². The van der Waals surface area contributed by atoms with E-state index >= 15 is 0 Å². The van der Waals surface area contributed by atoms with E-state index in [9.17, 15) is 4.79 Å². The summed E-state index contributed by atoms with van der Waals surface area (Å²) in [5, 5.41) is 8.22. The van der Waals surface area contributed by atoms with Gasteiger partial charge in [-0.05, 0) is 37.0 Å². The summed E-state index contributed by atoms with van der Waals surface area (Å²) in [7, 11) is 0. The number of nitrogen functional groups attached to an aromatic ring is 1. The van der Waals surface area contributed by atoms with Crippen LogP contribution >= 0.6 is 0 Å². The Kier molecular flexibility index (Phi) is 4.56. The van der Waals surface area contributed by atoms with Crippen LogP contribution in [0.25, 0.3) is 10.9 Å². The van der Waals surface area contributed by atoms with E-state index in [2.05, 4.69) is 24.0 Å². The van der Waals surface area contributed by atoms with Gasteiger partial charge in [-0.15, -0.1) is 0 Å². The zero-order valence-corrected chi connectivity index (χ0v) is 15.8. The number of nitrogens with two attached hydrogens (primary N) is 1. The summed E-state index contributed by atoms with van der Waals surface area (Å²) in [4.78, 5) is 19.6. The van der Waals surface area contributed by atoms with Crippen LogP contribution in [0.2, 0.25) is 0 Å². The molecule has 4 rings (SSSR count). The second kappa shape index (κ2) is 7.02. The summed E-state index contributed by atoms with van der Waals surface area (Å²) in [6.07, 6.45) is 1.92. The number of nitrogens with one attached hydrogen (secondary N) is 1. The van der Waals surface area contributed by atoms with Crippen LogP contribution in [0, 0.1) is 0 Å². The Bertz CT molecular complexity index is 978. The molecule has 3 aromatic rings. The smallest absolute Gasteiger partial charge is 0.274 e. The Labute approximate surface area is 158 Å². The molecule has 0 aliphatic carbocycles. The lowest BCUT2D eigenvalue weighted by atomic mass is 9.92. The minimum atomic E-state index is -0.0257. The Balaban J connectivity index is 1.57. The van der Waals surface area contributed by atoms with Crippen molar-refractivity contribution in [3.8, 4) is 0 Å². The number of anilines is 1. The summed E-state index contributed by atoms with van der Waals surface area (Å²) in [5.41, 5.74) is 10.3. The fourth-order valence-electron chi connectivity index (χ4n) is 3.76. The van der Waals surface area contributed by atoms with Crippen molar-refractivity contribution in [1.29, 1.82) is 0 Å². The molecule has 1 fully saturated rings. The Morgan fingerprint density at radius 3 is 2.89 bits per heavy atom. The van der Waals surface area contributed by atoms with Gasteiger partial charge >= 0.3 is 0 Å². The highest BCUT2D eigenvalue weighted by Gasteiger charge is 2.29. The number of pyridine rings is 1. The summed E-state index contributed by atoms with van der Waals surface area (Å²) in [5.74, 6) is 0.438. The van der Waals surface area contributed by atoms with Crippen molar-refractivity contribution in [2.75, 3.05) is 18.8 Å². The minimum absolute atomic E-state index is 0.0257. The number of piperidine rings is 1. The first-order chi connectivity index (χ1) is 13.0. The topological polar surface area (TPSA) is 87.9 Å². The Morgan fingerprint density at radius 2 is 2.11 bits per heavy atom. The lowest BCUT2D eigenvalue weighted by molar-refractivity contribution is 0.0700. The molecule has 0 saturated carbocycles. The van der Waals surface area contributed by atoms with Crippen LogP contribution in [0.1, 0.15) is 60.4 Å². The van der Waals surface area contributed by atoms with E-state index in [4.69, 9.17) is 10.7 Å². The second-order valence-corrected chi connectivity index (χ2v) is 7.61. The van der Waals surface area contributed by atoms with Crippen molar-refractivity contribution >= 4 is 22.5 Å². The Hall–Kier alpha value is -2.89. The lowest BCUT2D eigenvalue weighted by Crippen LogP contribution is -2.39. The van der Waals surface area contributed by atoms with Gasteiger partial charge in [0.25, 0.3) is 5.91 Å². The highest BCUT2D eigenvalue weighted by Crippen LogP contribution is 2.31. The van der Waals surface area contributed by atoms with Crippen molar-refractivity contribution in [2.24, 2.45) is 0 Å². The zero-order chi connectivity index (χ0) is 19.0. The van der Waals surface area contributed by atoms with E-state index in [-0.39, 0.29) is 11.8 Å². The number of hydrogen-bond acceptors (Lipinski definition) is 4. The fraction of sp³-hybridized carbons (Fsp3) is 0.381. The van der Waals surface area contributed by atoms with Crippen LogP contribution in [0.3, 0.4) is 0 Å². The van der Waals surface area contributed by atoms with Gasteiger partial charge in [0.1, 0.15) is 5.69 Å². The number of amides is 1. The van der Waals surface area contributed by atoms with E-state index in [0.29, 0.717) is 23.8 Å². The normalized spacial score (nSPS) is 17.6. The molecule has 0 unspecified atom stereocenters. The minimum Gasteiger partial charge on any atom is -0.397 e. The maximum absolute atomic E-state index is 12.9. The highest BCUT2D eigenvalue weighted by atomic mass is 16.2. The average Bonchev–Trinajstić information content (AvgIpc) is 3.17. The van der Waals surface area contributed by atoms with Crippen LogP contribution in [0.15, 0.2) is 36.4 Å². The van der Waals surface area contributed by atoms with Crippen molar-refractivity contribution in [3.63, 3.8) is 0 Å². The van der Waals surface area contributed by atoms with Gasteiger partial charge in [0.05, 0.1) is 16.9 Å².